The molecule has 0 aliphatic carbocycles. The molecular formula is C12H22N4O4. The minimum atomic E-state index is -0.431. The first-order valence-electron chi connectivity index (χ1n) is 6.63. The van der Waals surface area contributed by atoms with Gasteiger partial charge in [-0.3, -0.25) is 10.1 Å². The summed E-state index contributed by atoms with van der Waals surface area (Å²) in [5.74, 6) is 0.379. The molecule has 8 heteroatoms. The number of ether oxygens (including phenoxy) is 1. The molecule has 1 atom stereocenters. The Morgan fingerprint density at radius 3 is 2.80 bits per heavy atom. The molecule has 0 aromatic carbocycles. The third kappa shape index (κ3) is 3.91. The van der Waals surface area contributed by atoms with Crippen LogP contribution >= 0.6 is 0 Å². The lowest BCUT2D eigenvalue weighted by atomic mass is 10.2. The van der Waals surface area contributed by atoms with Crippen molar-refractivity contribution in [1.29, 1.82) is 0 Å². The second-order valence-corrected chi connectivity index (χ2v) is 4.57. The number of nitrogens with zero attached hydrogens (tertiary/aromatic N) is 3. The Labute approximate surface area is 117 Å². The molecule has 0 bridgehead atoms. The van der Waals surface area contributed by atoms with Crippen molar-refractivity contribution < 1.29 is 14.8 Å². The van der Waals surface area contributed by atoms with Crippen LogP contribution in [-0.4, -0.2) is 46.2 Å². The first-order valence-corrected chi connectivity index (χ1v) is 6.63. The van der Waals surface area contributed by atoms with E-state index in [0.717, 1.165) is 6.42 Å². The highest BCUT2D eigenvalue weighted by Gasteiger charge is 2.26. The average Bonchev–Trinajstić information content (AvgIpc) is 2.67. The van der Waals surface area contributed by atoms with Gasteiger partial charge in [0.1, 0.15) is 5.69 Å². The Hall–Kier alpha value is -1.67. The van der Waals surface area contributed by atoms with E-state index in [4.69, 9.17) is 9.84 Å². The van der Waals surface area contributed by atoms with E-state index in [1.54, 1.807) is 18.7 Å². The SMILES string of the molecule is CCCn1nc(C)c([N+](=O)[O-])c1NC(CCO)COC. The van der Waals surface area contributed by atoms with E-state index in [2.05, 4.69) is 10.4 Å². The standard InChI is InChI=1S/C12H22N4O4/c1-4-6-15-12(11(16(18)19)9(2)14-15)13-10(5-7-17)8-20-3/h10,13,17H,4-8H2,1-3H3. The van der Waals surface area contributed by atoms with E-state index >= 15 is 0 Å². The number of anilines is 1. The monoisotopic (exact) mass is 286 g/mol. The third-order valence-corrected chi connectivity index (χ3v) is 2.90. The van der Waals surface area contributed by atoms with Gasteiger partial charge in [-0.05, 0) is 19.8 Å². The molecule has 0 aliphatic rings. The molecule has 1 heterocycles. The van der Waals surface area contributed by atoms with Gasteiger partial charge in [-0.25, -0.2) is 4.68 Å². The number of aliphatic hydroxyl groups excluding tert-OH is 1. The first kappa shape index (κ1) is 16.4. The van der Waals surface area contributed by atoms with Gasteiger partial charge in [-0.15, -0.1) is 0 Å². The highest BCUT2D eigenvalue weighted by atomic mass is 16.6. The summed E-state index contributed by atoms with van der Waals surface area (Å²) in [5.41, 5.74) is 0.364. The molecule has 0 amide bonds. The molecule has 1 aromatic rings. The molecule has 0 fully saturated rings. The molecule has 1 unspecified atom stereocenters. The van der Waals surface area contributed by atoms with Crippen molar-refractivity contribution in [3.05, 3.63) is 15.8 Å². The predicted octanol–water partition coefficient (Wildman–Crippen LogP) is 1.32. The Balaban J connectivity index is 3.08. The van der Waals surface area contributed by atoms with Gasteiger partial charge >= 0.3 is 5.69 Å². The minimum Gasteiger partial charge on any atom is -0.396 e. The number of aromatic nitrogens is 2. The highest BCUT2D eigenvalue weighted by molar-refractivity contribution is 5.60. The number of nitrogens with one attached hydrogen (secondary N) is 1. The zero-order chi connectivity index (χ0) is 15.1. The first-order chi connectivity index (χ1) is 9.54. The second-order valence-electron chi connectivity index (χ2n) is 4.57. The minimum absolute atomic E-state index is 0.0162. The van der Waals surface area contributed by atoms with Gasteiger partial charge in [0.15, 0.2) is 0 Å². The molecule has 0 saturated heterocycles. The van der Waals surface area contributed by atoms with Crippen LogP contribution < -0.4 is 5.32 Å². The topological polar surface area (TPSA) is 102 Å². The quantitative estimate of drug-likeness (QED) is 0.524. The fourth-order valence-corrected chi connectivity index (χ4v) is 2.05. The number of aliphatic hydroxyl groups is 1. The summed E-state index contributed by atoms with van der Waals surface area (Å²) < 4.78 is 6.67. The van der Waals surface area contributed by atoms with Gasteiger partial charge in [0, 0.05) is 20.3 Å². The zero-order valence-corrected chi connectivity index (χ0v) is 12.1. The fraction of sp³-hybridized carbons (Fsp3) is 0.750. The third-order valence-electron chi connectivity index (χ3n) is 2.90. The van der Waals surface area contributed by atoms with Crippen molar-refractivity contribution in [3.8, 4) is 0 Å². The van der Waals surface area contributed by atoms with E-state index in [1.165, 1.54) is 0 Å². The molecule has 8 nitrogen and oxygen atoms in total. The summed E-state index contributed by atoms with van der Waals surface area (Å²) in [6.45, 7) is 4.53. The van der Waals surface area contributed by atoms with Crippen molar-refractivity contribution in [2.45, 2.75) is 39.3 Å². The second kappa shape index (κ2) is 7.81. The van der Waals surface area contributed by atoms with Crippen LogP contribution in [0.3, 0.4) is 0 Å². The summed E-state index contributed by atoms with van der Waals surface area (Å²) in [6, 6.07) is -0.199. The summed E-state index contributed by atoms with van der Waals surface area (Å²) >= 11 is 0. The van der Waals surface area contributed by atoms with Gasteiger partial charge in [0.2, 0.25) is 5.82 Å². The number of hydrogen-bond donors (Lipinski definition) is 2. The molecular weight excluding hydrogens is 264 g/mol. The smallest absolute Gasteiger partial charge is 0.333 e. The lowest BCUT2D eigenvalue weighted by Crippen LogP contribution is -2.28. The van der Waals surface area contributed by atoms with E-state index in [9.17, 15) is 10.1 Å². The Morgan fingerprint density at radius 1 is 1.60 bits per heavy atom. The molecule has 0 spiro atoms. The maximum absolute atomic E-state index is 11.2. The Morgan fingerprint density at radius 2 is 2.30 bits per heavy atom. The van der Waals surface area contributed by atoms with Gasteiger partial charge in [-0.2, -0.15) is 5.10 Å². The lowest BCUT2D eigenvalue weighted by molar-refractivity contribution is -0.384. The summed E-state index contributed by atoms with van der Waals surface area (Å²) in [6.07, 6.45) is 1.27. The number of hydrogen-bond acceptors (Lipinski definition) is 6. The van der Waals surface area contributed by atoms with Crippen LogP contribution in [0, 0.1) is 17.0 Å². The Bertz CT molecular complexity index is 441. The molecule has 0 radical (unpaired) electrons. The molecule has 2 N–H and O–H groups in total. The van der Waals surface area contributed by atoms with Crippen molar-refractivity contribution >= 4 is 11.5 Å². The van der Waals surface area contributed by atoms with Gasteiger partial charge in [-0.1, -0.05) is 6.92 Å². The number of aryl methyl sites for hydroxylation is 2. The van der Waals surface area contributed by atoms with Crippen molar-refractivity contribution in [2.75, 3.05) is 25.6 Å². The van der Waals surface area contributed by atoms with Gasteiger partial charge < -0.3 is 15.2 Å². The van der Waals surface area contributed by atoms with E-state index < -0.39 is 4.92 Å². The summed E-state index contributed by atoms with van der Waals surface area (Å²) in [7, 11) is 1.55. The van der Waals surface area contributed by atoms with Crippen LogP contribution in [0.1, 0.15) is 25.5 Å². The predicted molar refractivity (Wildman–Crippen MR) is 74.9 cm³/mol. The molecule has 114 valence electrons. The van der Waals surface area contributed by atoms with Crippen molar-refractivity contribution in [1.82, 2.24) is 9.78 Å². The molecule has 20 heavy (non-hydrogen) atoms. The Kier molecular flexibility index (Phi) is 6.40. The normalized spacial score (nSPS) is 12.4. The summed E-state index contributed by atoms with van der Waals surface area (Å²) in [4.78, 5) is 10.8. The maximum atomic E-state index is 11.2. The van der Waals surface area contributed by atoms with E-state index in [-0.39, 0.29) is 18.3 Å². The summed E-state index contributed by atoms with van der Waals surface area (Å²) in [5, 5.41) is 27.5. The molecule has 0 aliphatic heterocycles. The van der Waals surface area contributed by atoms with E-state index in [1.807, 2.05) is 6.92 Å². The van der Waals surface area contributed by atoms with Crippen LogP contribution in [-0.2, 0) is 11.3 Å². The zero-order valence-electron chi connectivity index (χ0n) is 12.1. The van der Waals surface area contributed by atoms with Crippen molar-refractivity contribution in [3.63, 3.8) is 0 Å². The average molecular weight is 286 g/mol. The van der Waals surface area contributed by atoms with Crippen LogP contribution in [0.15, 0.2) is 0 Å². The number of nitro groups is 1. The van der Waals surface area contributed by atoms with E-state index in [0.29, 0.717) is 31.1 Å². The lowest BCUT2D eigenvalue weighted by Gasteiger charge is -2.18. The van der Waals surface area contributed by atoms with Gasteiger partial charge in [0.25, 0.3) is 0 Å². The highest BCUT2D eigenvalue weighted by Crippen LogP contribution is 2.29. The van der Waals surface area contributed by atoms with Gasteiger partial charge in [0.05, 0.1) is 17.6 Å². The molecule has 1 aromatic heterocycles. The van der Waals surface area contributed by atoms with Crippen LogP contribution in [0.25, 0.3) is 0 Å². The van der Waals surface area contributed by atoms with Crippen LogP contribution in [0.4, 0.5) is 11.5 Å². The number of rotatable bonds is 9. The van der Waals surface area contributed by atoms with Crippen molar-refractivity contribution in [2.24, 2.45) is 0 Å². The fourth-order valence-electron chi connectivity index (χ4n) is 2.05. The van der Waals surface area contributed by atoms with Crippen LogP contribution in [0.5, 0.6) is 0 Å². The maximum Gasteiger partial charge on any atom is 0.333 e. The van der Waals surface area contributed by atoms with Crippen LogP contribution in [0.2, 0.25) is 0 Å². The molecule has 0 saturated carbocycles. The largest absolute Gasteiger partial charge is 0.396 e. The number of methoxy groups -OCH3 is 1. The molecule has 1 rings (SSSR count).